The highest BCUT2D eigenvalue weighted by molar-refractivity contribution is 7.89. The number of nitrogens with two attached hydrogens (primary N) is 1. The van der Waals surface area contributed by atoms with Gasteiger partial charge in [0, 0.05) is 18.7 Å². The van der Waals surface area contributed by atoms with Crippen LogP contribution >= 0.6 is 0 Å². The van der Waals surface area contributed by atoms with Gasteiger partial charge < -0.3 is 10.0 Å². The van der Waals surface area contributed by atoms with Crippen molar-refractivity contribution in [2.75, 3.05) is 13.1 Å². The maximum Gasteiger partial charge on any atom is 0.305 e. The number of carbonyl (C=O) groups excluding carboxylic acids is 1. The molecular weight excluding hydrogens is 332 g/mol. The minimum atomic E-state index is -3.95. The Labute approximate surface area is 142 Å². The number of aryl methyl sites for hydroxylation is 1. The molecule has 0 aliphatic heterocycles. The number of benzene rings is 1. The van der Waals surface area contributed by atoms with Gasteiger partial charge in [-0.15, -0.1) is 0 Å². The summed E-state index contributed by atoms with van der Waals surface area (Å²) in [6.07, 6.45) is -0.175. The third-order valence-corrected chi connectivity index (χ3v) is 4.68. The first-order valence-corrected chi connectivity index (χ1v) is 9.13. The third-order valence-electron chi connectivity index (χ3n) is 3.64. The Hall–Kier alpha value is -1.93. The summed E-state index contributed by atoms with van der Waals surface area (Å²) in [5.41, 5.74) is 1.32. The summed E-state index contributed by atoms with van der Waals surface area (Å²) in [6.45, 7) is 7.59. The van der Waals surface area contributed by atoms with Crippen molar-refractivity contribution in [2.24, 2.45) is 11.1 Å². The van der Waals surface area contributed by atoms with E-state index in [2.05, 4.69) is 0 Å². The number of aliphatic carboxylic acids is 1. The molecule has 0 atom stereocenters. The minimum absolute atomic E-state index is 0.0595. The SMILES string of the molecule is Cc1cc(C(=O)N(CCC(=O)O)CC(C)C)cc(S(N)(=O)=O)c1C. The van der Waals surface area contributed by atoms with Gasteiger partial charge in [0.05, 0.1) is 11.3 Å². The average Bonchev–Trinajstić information content (AvgIpc) is 2.43. The molecule has 0 fully saturated rings. The van der Waals surface area contributed by atoms with Crippen molar-refractivity contribution in [3.63, 3.8) is 0 Å². The Balaban J connectivity index is 3.27. The Morgan fingerprint density at radius 1 is 1.25 bits per heavy atom. The molecule has 0 radical (unpaired) electrons. The molecule has 0 saturated carbocycles. The predicted octanol–water partition coefficient (Wildman–Crippen LogP) is 1.52. The molecule has 0 spiro atoms. The van der Waals surface area contributed by atoms with E-state index >= 15 is 0 Å². The number of hydrogen-bond acceptors (Lipinski definition) is 4. The molecule has 1 rings (SSSR count). The van der Waals surface area contributed by atoms with Gasteiger partial charge in [0.1, 0.15) is 0 Å². The van der Waals surface area contributed by atoms with Crippen LogP contribution in [0.2, 0.25) is 0 Å². The van der Waals surface area contributed by atoms with Crippen LogP contribution in [0.3, 0.4) is 0 Å². The molecule has 0 aliphatic rings. The van der Waals surface area contributed by atoms with Crippen LogP contribution in [-0.4, -0.2) is 43.4 Å². The standard InChI is InChI=1S/C16H24N2O5S/c1-10(2)9-18(6-5-15(19)20)16(21)13-7-11(3)12(4)14(8-13)24(17,22)23/h7-8,10H,5-6,9H2,1-4H3,(H,19,20)(H2,17,22,23). The molecule has 0 unspecified atom stereocenters. The van der Waals surface area contributed by atoms with Crippen LogP contribution in [0, 0.1) is 19.8 Å². The van der Waals surface area contributed by atoms with Crippen LogP contribution in [0.15, 0.2) is 17.0 Å². The van der Waals surface area contributed by atoms with Gasteiger partial charge in [0.2, 0.25) is 10.0 Å². The maximum absolute atomic E-state index is 12.7. The smallest absolute Gasteiger partial charge is 0.305 e. The highest BCUT2D eigenvalue weighted by Crippen LogP contribution is 2.21. The van der Waals surface area contributed by atoms with Crippen molar-refractivity contribution >= 4 is 21.9 Å². The fraction of sp³-hybridized carbons (Fsp3) is 0.500. The molecule has 0 bridgehead atoms. The molecule has 0 aliphatic carbocycles. The van der Waals surface area contributed by atoms with E-state index in [1.807, 2.05) is 13.8 Å². The van der Waals surface area contributed by atoms with Crippen LogP contribution < -0.4 is 5.14 Å². The summed E-state index contributed by atoms with van der Waals surface area (Å²) in [5.74, 6) is -1.26. The van der Waals surface area contributed by atoms with Crippen molar-refractivity contribution in [3.05, 3.63) is 28.8 Å². The van der Waals surface area contributed by atoms with Crippen LogP contribution in [-0.2, 0) is 14.8 Å². The van der Waals surface area contributed by atoms with E-state index < -0.39 is 21.9 Å². The summed E-state index contributed by atoms with van der Waals surface area (Å²) < 4.78 is 23.4. The first kappa shape index (κ1) is 20.1. The fourth-order valence-electron chi connectivity index (χ4n) is 2.38. The molecule has 1 aromatic carbocycles. The van der Waals surface area contributed by atoms with E-state index in [9.17, 15) is 18.0 Å². The molecule has 3 N–H and O–H groups in total. The Morgan fingerprint density at radius 2 is 1.83 bits per heavy atom. The molecule has 1 aromatic rings. The summed E-state index contributed by atoms with van der Waals surface area (Å²) in [4.78, 5) is 24.9. The van der Waals surface area contributed by atoms with Gasteiger partial charge in [0.25, 0.3) is 5.91 Å². The Bertz CT molecular complexity index is 741. The van der Waals surface area contributed by atoms with Crippen molar-refractivity contribution < 1.29 is 23.1 Å². The lowest BCUT2D eigenvalue weighted by Gasteiger charge is -2.24. The Morgan fingerprint density at radius 3 is 2.29 bits per heavy atom. The quantitative estimate of drug-likeness (QED) is 0.768. The lowest BCUT2D eigenvalue weighted by Crippen LogP contribution is -2.36. The highest BCUT2D eigenvalue weighted by atomic mass is 32.2. The van der Waals surface area contributed by atoms with Crippen LogP contribution in [0.25, 0.3) is 0 Å². The molecule has 0 aromatic heterocycles. The first-order chi connectivity index (χ1) is 10.9. The summed E-state index contributed by atoms with van der Waals surface area (Å²) in [6, 6.07) is 2.86. The van der Waals surface area contributed by atoms with E-state index in [0.717, 1.165) is 0 Å². The van der Waals surface area contributed by atoms with Gasteiger partial charge in [-0.05, 0) is 43.0 Å². The number of amides is 1. The lowest BCUT2D eigenvalue weighted by atomic mass is 10.0. The molecule has 24 heavy (non-hydrogen) atoms. The average molecular weight is 356 g/mol. The van der Waals surface area contributed by atoms with E-state index in [-0.39, 0.29) is 29.3 Å². The molecule has 134 valence electrons. The minimum Gasteiger partial charge on any atom is -0.481 e. The van der Waals surface area contributed by atoms with Crippen molar-refractivity contribution in [1.29, 1.82) is 0 Å². The monoisotopic (exact) mass is 356 g/mol. The summed E-state index contributed by atoms with van der Waals surface area (Å²) >= 11 is 0. The zero-order chi connectivity index (χ0) is 18.7. The van der Waals surface area contributed by atoms with Gasteiger partial charge in [-0.1, -0.05) is 13.8 Å². The van der Waals surface area contributed by atoms with Gasteiger partial charge in [-0.3, -0.25) is 9.59 Å². The van der Waals surface area contributed by atoms with E-state index in [1.165, 1.54) is 11.0 Å². The Kier molecular flexibility index (Phi) is 6.50. The number of carbonyl (C=O) groups is 2. The molecule has 1 amide bonds. The second-order valence-corrected chi connectivity index (χ2v) is 7.78. The van der Waals surface area contributed by atoms with Crippen molar-refractivity contribution in [2.45, 2.75) is 39.0 Å². The van der Waals surface area contributed by atoms with Gasteiger partial charge in [0.15, 0.2) is 0 Å². The normalized spacial score (nSPS) is 11.6. The topological polar surface area (TPSA) is 118 Å². The number of carboxylic acid groups (broad SMARTS) is 1. The molecular formula is C16H24N2O5S. The molecule has 7 nitrogen and oxygen atoms in total. The number of nitrogens with zero attached hydrogens (tertiary/aromatic N) is 1. The number of primary sulfonamides is 1. The van der Waals surface area contributed by atoms with E-state index in [1.54, 1.807) is 19.9 Å². The second kappa shape index (κ2) is 7.76. The molecule has 8 heteroatoms. The first-order valence-electron chi connectivity index (χ1n) is 7.58. The highest BCUT2D eigenvalue weighted by Gasteiger charge is 2.22. The maximum atomic E-state index is 12.7. The van der Waals surface area contributed by atoms with Gasteiger partial charge in [-0.2, -0.15) is 0 Å². The predicted molar refractivity (Wildman–Crippen MR) is 90.3 cm³/mol. The van der Waals surface area contributed by atoms with Crippen molar-refractivity contribution in [1.82, 2.24) is 4.90 Å². The number of hydrogen-bond donors (Lipinski definition) is 2. The van der Waals surface area contributed by atoms with Crippen LogP contribution in [0.5, 0.6) is 0 Å². The summed E-state index contributed by atoms with van der Waals surface area (Å²) in [7, 11) is -3.95. The van der Waals surface area contributed by atoms with Gasteiger partial charge in [-0.25, -0.2) is 13.6 Å². The zero-order valence-corrected chi connectivity index (χ0v) is 15.2. The van der Waals surface area contributed by atoms with Crippen LogP contribution in [0.1, 0.15) is 41.8 Å². The largest absolute Gasteiger partial charge is 0.481 e. The van der Waals surface area contributed by atoms with Crippen molar-refractivity contribution in [3.8, 4) is 0 Å². The number of carboxylic acids is 1. The van der Waals surface area contributed by atoms with Gasteiger partial charge >= 0.3 is 5.97 Å². The van der Waals surface area contributed by atoms with E-state index in [4.69, 9.17) is 10.2 Å². The number of rotatable bonds is 7. The van der Waals surface area contributed by atoms with Crippen LogP contribution in [0.4, 0.5) is 0 Å². The number of sulfonamides is 1. The third kappa shape index (κ3) is 5.31. The fourth-order valence-corrected chi connectivity index (χ4v) is 3.25. The summed E-state index contributed by atoms with van der Waals surface area (Å²) in [5, 5.41) is 14.1. The molecule has 0 saturated heterocycles. The lowest BCUT2D eigenvalue weighted by molar-refractivity contribution is -0.137. The molecule has 0 heterocycles. The van der Waals surface area contributed by atoms with E-state index in [0.29, 0.717) is 17.7 Å². The second-order valence-electron chi connectivity index (χ2n) is 6.25. The zero-order valence-electron chi connectivity index (χ0n) is 14.4.